The molecule has 0 fully saturated rings. The molecule has 1 aliphatic carbocycles. The number of fused-ring (bicyclic) bond motifs is 1. The molecule has 0 aliphatic heterocycles. The van der Waals surface area contributed by atoms with Crippen LogP contribution in [0.5, 0.6) is 5.75 Å². The summed E-state index contributed by atoms with van der Waals surface area (Å²) in [4.78, 5) is 24.0. The Morgan fingerprint density at radius 3 is 2.73 bits per heavy atom. The highest BCUT2D eigenvalue weighted by molar-refractivity contribution is 5.85. The number of carbonyl (C=O) groups excluding carboxylic acids is 2. The van der Waals surface area contributed by atoms with E-state index >= 15 is 0 Å². The van der Waals surface area contributed by atoms with Crippen LogP contribution in [0.25, 0.3) is 0 Å². The number of aryl methyl sites for hydroxylation is 1. The Kier molecular flexibility index (Phi) is 5.73. The highest BCUT2D eigenvalue weighted by Gasteiger charge is 2.22. The molecular formula is C20H23N3O3. The standard InChI is InChI=1S/C20H23N3O3/c21-15-9-10-17-14(11-15)5-4-8-18(17)23-19(24)12-22-20(25)13-26-16-6-2-1-3-7-16/h1-3,6-7,9-11,18H,4-5,8,12-13,21H2,(H,22,25)(H,23,24). The molecule has 0 saturated carbocycles. The van der Waals surface area contributed by atoms with Crippen LogP contribution in [0.1, 0.15) is 30.0 Å². The zero-order valence-corrected chi connectivity index (χ0v) is 14.5. The van der Waals surface area contributed by atoms with Crippen LogP contribution in [0, 0.1) is 0 Å². The average Bonchev–Trinajstić information content (AvgIpc) is 2.65. The first-order chi connectivity index (χ1) is 12.6. The van der Waals surface area contributed by atoms with E-state index in [-0.39, 0.29) is 31.0 Å². The van der Waals surface area contributed by atoms with Crippen LogP contribution in [-0.2, 0) is 16.0 Å². The largest absolute Gasteiger partial charge is 0.484 e. The molecule has 2 amide bonds. The number of hydrogen-bond donors (Lipinski definition) is 3. The molecule has 0 bridgehead atoms. The molecule has 26 heavy (non-hydrogen) atoms. The van der Waals surface area contributed by atoms with Gasteiger partial charge in [-0.15, -0.1) is 0 Å². The lowest BCUT2D eigenvalue weighted by Gasteiger charge is -2.26. The molecule has 0 radical (unpaired) electrons. The van der Waals surface area contributed by atoms with Gasteiger partial charge in [0, 0.05) is 5.69 Å². The zero-order chi connectivity index (χ0) is 18.4. The smallest absolute Gasteiger partial charge is 0.258 e. The van der Waals surface area contributed by atoms with Crippen LogP contribution < -0.4 is 21.1 Å². The van der Waals surface area contributed by atoms with Crippen LogP contribution in [0.2, 0.25) is 0 Å². The average molecular weight is 353 g/mol. The molecule has 2 aromatic rings. The Labute approximate surface area is 152 Å². The molecule has 1 atom stereocenters. The second-order valence-electron chi connectivity index (χ2n) is 6.35. The predicted octanol–water partition coefficient (Wildman–Crippen LogP) is 1.96. The molecule has 0 heterocycles. The summed E-state index contributed by atoms with van der Waals surface area (Å²) in [6.45, 7) is -0.194. The molecule has 0 spiro atoms. The maximum Gasteiger partial charge on any atom is 0.258 e. The fourth-order valence-corrected chi connectivity index (χ4v) is 3.13. The third kappa shape index (κ3) is 4.75. The van der Waals surface area contributed by atoms with Gasteiger partial charge in [0.15, 0.2) is 6.61 Å². The van der Waals surface area contributed by atoms with Crippen LogP contribution in [-0.4, -0.2) is 25.0 Å². The number of anilines is 1. The maximum atomic E-state index is 12.2. The second-order valence-corrected chi connectivity index (χ2v) is 6.35. The molecular weight excluding hydrogens is 330 g/mol. The summed E-state index contributed by atoms with van der Waals surface area (Å²) in [5.74, 6) is 0.0683. The van der Waals surface area contributed by atoms with Gasteiger partial charge >= 0.3 is 0 Å². The van der Waals surface area contributed by atoms with E-state index in [9.17, 15) is 9.59 Å². The van der Waals surface area contributed by atoms with Crippen molar-refractivity contribution in [2.24, 2.45) is 0 Å². The van der Waals surface area contributed by atoms with Crippen LogP contribution in [0.4, 0.5) is 5.69 Å². The molecule has 1 unspecified atom stereocenters. The second kappa shape index (κ2) is 8.38. The van der Waals surface area contributed by atoms with Crippen molar-refractivity contribution in [2.75, 3.05) is 18.9 Å². The first-order valence-electron chi connectivity index (χ1n) is 8.74. The molecule has 2 aromatic carbocycles. The summed E-state index contributed by atoms with van der Waals surface area (Å²) in [5, 5.41) is 5.57. The maximum absolute atomic E-state index is 12.2. The van der Waals surface area contributed by atoms with Gasteiger partial charge in [0.2, 0.25) is 5.91 Å². The van der Waals surface area contributed by atoms with Crippen molar-refractivity contribution in [1.29, 1.82) is 0 Å². The number of para-hydroxylation sites is 1. The van der Waals surface area contributed by atoms with Gasteiger partial charge in [0.25, 0.3) is 5.91 Å². The van der Waals surface area contributed by atoms with E-state index in [1.807, 2.05) is 36.4 Å². The summed E-state index contributed by atoms with van der Waals surface area (Å²) in [7, 11) is 0. The summed E-state index contributed by atoms with van der Waals surface area (Å²) < 4.78 is 5.35. The quantitative estimate of drug-likeness (QED) is 0.692. The van der Waals surface area contributed by atoms with E-state index in [1.54, 1.807) is 12.1 Å². The zero-order valence-electron chi connectivity index (χ0n) is 14.5. The number of carbonyl (C=O) groups is 2. The van der Waals surface area contributed by atoms with Crippen molar-refractivity contribution in [3.8, 4) is 5.75 Å². The van der Waals surface area contributed by atoms with E-state index in [0.717, 1.165) is 30.5 Å². The number of amides is 2. The molecule has 6 nitrogen and oxygen atoms in total. The molecule has 1 aliphatic rings. The number of benzene rings is 2. The normalized spacial score (nSPS) is 15.6. The lowest BCUT2D eigenvalue weighted by molar-refractivity contribution is -0.127. The summed E-state index contributed by atoms with van der Waals surface area (Å²) in [6.07, 6.45) is 2.85. The van der Waals surface area contributed by atoms with Crippen molar-refractivity contribution < 1.29 is 14.3 Å². The van der Waals surface area contributed by atoms with Gasteiger partial charge in [-0.1, -0.05) is 24.3 Å². The van der Waals surface area contributed by atoms with Gasteiger partial charge in [-0.3, -0.25) is 9.59 Å². The lowest BCUT2D eigenvalue weighted by Crippen LogP contribution is -2.40. The van der Waals surface area contributed by atoms with E-state index in [2.05, 4.69) is 10.6 Å². The topological polar surface area (TPSA) is 93.5 Å². The molecule has 0 aromatic heterocycles. The molecule has 0 saturated heterocycles. The summed E-state index contributed by atoms with van der Waals surface area (Å²) >= 11 is 0. The van der Waals surface area contributed by atoms with Gasteiger partial charge in [-0.25, -0.2) is 0 Å². The Balaban J connectivity index is 1.45. The van der Waals surface area contributed by atoms with Gasteiger partial charge in [0.05, 0.1) is 12.6 Å². The number of nitrogen functional groups attached to an aromatic ring is 1. The van der Waals surface area contributed by atoms with Crippen LogP contribution in [0.15, 0.2) is 48.5 Å². The number of nitrogens with one attached hydrogen (secondary N) is 2. The SMILES string of the molecule is Nc1ccc2c(c1)CCCC2NC(=O)CNC(=O)COc1ccccc1. The van der Waals surface area contributed by atoms with E-state index < -0.39 is 0 Å². The number of nitrogens with two attached hydrogens (primary N) is 1. The monoisotopic (exact) mass is 353 g/mol. The fraction of sp³-hybridized carbons (Fsp3) is 0.300. The Morgan fingerprint density at radius 1 is 1.12 bits per heavy atom. The molecule has 136 valence electrons. The van der Waals surface area contributed by atoms with Crippen molar-refractivity contribution in [1.82, 2.24) is 10.6 Å². The van der Waals surface area contributed by atoms with Crippen molar-refractivity contribution in [3.63, 3.8) is 0 Å². The summed E-state index contributed by atoms with van der Waals surface area (Å²) in [6, 6.07) is 14.8. The molecule has 4 N–H and O–H groups in total. The van der Waals surface area contributed by atoms with E-state index in [0.29, 0.717) is 5.75 Å². The van der Waals surface area contributed by atoms with Crippen LogP contribution >= 0.6 is 0 Å². The molecule has 3 rings (SSSR count). The van der Waals surface area contributed by atoms with Gasteiger partial charge in [-0.2, -0.15) is 0 Å². The fourth-order valence-electron chi connectivity index (χ4n) is 3.13. The number of ether oxygens (including phenoxy) is 1. The first kappa shape index (κ1) is 17.8. The van der Waals surface area contributed by atoms with E-state index in [1.165, 1.54) is 5.56 Å². The third-order valence-corrected chi connectivity index (χ3v) is 4.38. The third-order valence-electron chi connectivity index (χ3n) is 4.38. The number of hydrogen-bond acceptors (Lipinski definition) is 4. The minimum absolute atomic E-state index is 0.0377. The Bertz CT molecular complexity index is 777. The minimum atomic E-state index is -0.333. The highest BCUT2D eigenvalue weighted by Crippen LogP contribution is 2.30. The summed E-state index contributed by atoms with van der Waals surface area (Å²) in [5.41, 5.74) is 8.86. The van der Waals surface area contributed by atoms with Crippen LogP contribution in [0.3, 0.4) is 0 Å². The highest BCUT2D eigenvalue weighted by atomic mass is 16.5. The molecule has 6 heteroatoms. The predicted molar refractivity (Wildman–Crippen MR) is 99.6 cm³/mol. The van der Waals surface area contributed by atoms with Crippen molar-refractivity contribution in [3.05, 3.63) is 59.7 Å². The lowest BCUT2D eigenvalue weighted by atomic mass is 9.87. The Hall–Kier alpha value is -3.02. The van der Waals surface area contributed by atoms with Crippen molar-refractivity contribution >= 4 is 17.5 Å². The minimum Gasteiger partial charge on any atom is -0.484 e. The number of rotatable bonds is 6. The van der Waals surface area contributed by atoms with Gasteiger partial charge < -0.3 is 21.1 Å². The first-order valence-corrected chi connectivity index (χ1v) is 8.74. The Morgan fingerprint density at radius 2 is 1.92 bits per heavy atom. The van der Waals surface area contributed by atoms with Gasteiger partial charge in [0.1, 0.15) is 5.75 Å². The van der Waals surface area contributed by atoms with Crippen molar-refractivity contribution in [2.45, 2.75) is 25.3 Å². The van der Waals surface area contributed by atoms with E-state index in [4.69, 9.17) is 10.5 Å². The van der Waals surface area contributed by atoms with Gasteiger partial charge in [-0.05, 0) is 54.7 Å².